The van der Waals surface area contributed by atoms with Crippen molar-refractivity contribution in [3.05, 3.63) is 18.0 Å². The highest BCUT2D eigenvalue weighted by Crippen LogP contribution is 2.40. The first-order valence-corrected chi connectivity index (χ1v) is 8.09. The van der Waals surface area contributed by atoms with Crippen LogP contribution < -0.4 is 0 Å². The number of carboxylic acid groups (broad SMARTS) is 1. The second kappa shape index (κ2) is 6.10. The summed E-state index contributed by atoms with van der Waals surface area (Å²) in [4.78, 5) is 25.8. The van der Waals surface area contributed by atoms with Crippen LogP contribution in [0.5, 0.6) is 0 Å². The van der Waals surface area contributed by atoms with Gasteiger partial charge in [0.05, 0.1) is 6.20 Å². The van der Waals surface area contributed by atoms with Crippen molar-refractivity contribution in [2.45, 2.75) is 64.1 Å². The van der Waals surface area contributed by atoms with Gasteiger partial charge in [-0.1, -0.05) is 12.8 Å². The molecule has 120 valence electrons. The number of hydrogen-bond acceptors (Lipinski definition) is 3. The number of amides is 1. The van der Waals surface area contributed by atoms with Crippen LogP contribution in [0.3, 0.4) is 0 Å². The van der Waals surface area contributed by atoms with Crippen LogP contribution >= 0.6 is 0 Å². The molecule has 1 amide bonds. The summed E-state index contributed by atoms with van der Waals surface area (Å²) in [6.45, 7) is 2.46. The van der Waals surface area contributed by atoms with Crippen LogP contribution in [0.2, 0.25) is 0 Å². The monoisotopic (exact) mass is 305 g/mol. The summed E-state index contributed by atoms with van der Waals surface area (Å²) < 4.78 is 1.75. The molecule has 1 saturated heterocycles. The lowest BCUT2D eigenvalue weighted by atomic mass is 9.84. The van der Waals surface area contributed by atoms with Crippen molar-refractivity contribution >= 4 is 11.9 Å². The second-order valence-corrected chi connectivity index (χ2v) is 6.53. The van der Waals surface area contributed by atoms with Gasteiger partial charge in [0, 0.05) is 25.2 Å². The minimum absolute atomic E-state index is 0.0463. The van der Waals surface area contributed by atoms with Gasteiger partial charge in [-0.3, -0.25) is 9.48 Å². The van der Waals surface area contributed by atoms with Gasteiger partial charge in [0.1, 0.15) is 6.04 Å². The molecule has 0 aromatic carbocycles. The molecule has 1 N–H and O–H groups in total. The van der Waals surface area contributed by atoms with Crippen molar-refractivity contribution in [3.8, 4) is 0 Å². The number of likely N-dealkylation sites (tertiary alicyclic amines) is 1. The van der Waals surface area contributed by atoms with E-state index in [2.05, 4.69) is 5.10 Å². The third kappa shape index (κ3) is 2.87. The second-order valence-electron chi connectivity index (χ2n) is 6.53. The van der Waals surface area contributed by atoms with E-state index >= 15 is 0 Å². The third-order valence-electron chi connectivity index (χ3n) is 4.98. The zero-order valence-corrected chi connectivity index (χ0v) is 12.9. The lowest BCUT2D eigenvalue weighted by Gasteiger charge is -2.33. The third-order valence-corrected chi connectivity index (χ3v) is 4.98. The van der Waals surface area contributed by atoms with Crippen molar-refractivity contribution in [3.63, 3.8) is 0 Å². The van der Waals surface area contributed by atoms with Crippen molar-refractivity contribution < 1.29 is 14.7 Å². The first-order valence-electron chi connectivity index (χ1n) is 8.09. The quantitative estimate of drug-likeness (QED) is 0.920. The number of carboxylic acids is 1. The van der Waals surface area contributed by atoms with E-state index < -0.39 is 12.0 Å². The molecule has 1 aliphatic carbocycles. The van der Waals surface area contributed by atoms with Crippen LogP contribution in [0.1, 0.15) is 44.1 Å². The van der Waals surface area contributed by atoms with Crippen LogP contribution in [0.15, 0.2) is 12.4 Å². The highest BCUT2D eigenvalue weighted by Gasteiger charge is 2.47. The number of rotatable bonds is 4. The first-order chi connectivity index (χ1) is 10.6. The Morgan fingerprint density at radius 2 is 2.14 bits per heavy atom. The fourth-order valence-electron chi connectivity index (χ4n) is 3.97. The van der Waals surface area contributed by atoms with E-state index in [0.717, 1.165) is 31.2 Å². The number of aliphatic carboxylic acids is 1. The van der Waals surface area contributed by atoms with E-state index in [-0.39, 0.29) is 11.9 Å². The molecule has 1 aliphatic heterocycles. The van der Waals surface area contributed by atoms with Crippen LogP contribution in [0, 0.1) is 12.8 Å². The predicted molar refractivity (Wildman–Crippen MR) is 80.2 cm³/mol. The maximum Gasteiger partial charge on any atom is 0.326 e. The maximum absolute atomic E-state index is 12.6. The van der Waals surface area contributed by atoms with Crippen LogP contribution in [0.4, 0.5) is 0 Å². The molecule has 1 aromatic rings. The number of fused-ring (bicyclic) bond motifs is 1. The van der Waals surface area contributed by atoms with Crippen molar-refractivity contribution in [1.82, 2.24) is 14.7 Å². The molecule has 2 heterocycles. The molecule has 1 saturated carbocycles. The van der Waals surface area contributed by atoms with Gasteiger partial charge in [0.15, 0.2) is 0 Å². The van der Waals surface area contributed by atoms with E-state index in [1.54, 1.807) is 15.8 Å². The van der Waals surface area contributed by atoms with E-state index in [0.29, 0.717) is 25.3 Å². The maximum atomic E-state index is 12.6. The molecule has 0 unspecified atom stereocenters. The summed E-state index contributed by atoms with van der Waals surface area (Å²) in [5.41, 5.74) is 1.06. The molecule has 22 heavy (non-hydrogen) atoms. The summed E-state index contributed by atoms with van der Waals surface area (Å²) in [6, 6.07) is -0.512. The van der Waals surface area contributed by atoms with Crippen molar-refractivity contribution in [1.29, 1.82) is 0 Å². The summed E-state index contributed by atoms with van der Waals surface area (Å²) >= 11 is 0. The Hall–Kier alpha value is -1.85. The number of nitrogens with zero attached hydrogens (tertiary/aromatic N) is 3. The van der Waals surface area contributed by atoms with Crippen LogP contribution in [-0.4, -0.2) is 43.7 Å². The van der Waals surface area contributed by atoms with Gasteiger partial charge < -0.3 is 10.0 Å². The average Bonchev–Trinajstić information content (AvgIpc) is 3.08. The van der Waals surface area contributed by atoms with Gasteiger partial charge in [-0.15, -0.1) is 0 Å². The smallest absolute Gasteiger partial charge is 0.326 e. The highest BCUT2D eigenvalue weighted by atomic mass is 16.4. The number of hydrogen-bond donors (Lipinski definition) is 1. The van der Waals surface area contributed by atoms with E-state index in [1.807, 2.05) is 13.1 Å². The largest absolute Gasteiger partial charge is 0.480 e. The fraction of sp³-hybridized carbons (Fsp3) is 0.688. The Bertz CT molecular complexity index is 569. The van der Waals surface area contributed by atoms with Gasteiger partial charge in [0.2, 0.25) is 5.91 Å². The lowest BCUT2D eigenvalue weighted by molar-refractivity contribution is -0.150. The Morgan fingerprint density at radius 1 is 1.36 bits per heavy atom. The van der Waals surface area contributed by atoms with E-state index in [9.17, 15) is 14.7 Å². The molecule has 6 nitrogen and oxygen atoms in total. The molecule has 2 fully saturated rings. The molecule has 0 spiro atoms. The zero-order chi connectivity index (χ0) is 15.7. The van der Waals surface area contributed by atoms with Crippen molar-refractivity contribution in [2.24, 2.45) is 5.92 Å². The van der Waals surface area contributed by atoms with Crippen LogP contribution in [0.25, 0.3) is 0 Å². The van der Waals surface area contributed by atoms with Crippen molar-refractivity contribution in [2.75, 3.05) is 0 Å². The van der Waals surface area contributed by atoms with Gasteiger partial charge in [-0.2, -0.15) is 5.10 Å². The molecule has 6 heteroatoms. The van der Waals surface area contributed by atoms with Gasteiger partial charge >= 0.3 is 5.97 Å². The Morgan fingerprint density at radius 3 is 2.82 bits per heavy atom. The Labute approximate surface area is 130 Å². The normalized spacial score (nSPS) is 27.7. The highest BCUT2D eigenvalue weighted by molar-refractivity contribution is 5.84. The zero-order valence-electron chi connectivity index (χ0n) is 12.9. The standard InChI is InChI=1S/C16H23N3O3/c1-11-9-17-18(10-11)7-6-15(20)19-13-5-3-2-4-12(13)8-14(19)16(21)22/h9-10,12-14H,2-8H2,1H3,(H,21,22)/t12-,13+,14+/m1/s1. The minimum Gasteiger partial charge on any atom is -0.480 e. The molecule has 1 aromatic heterocycles. The van der Waals surface area contributed by atoms with Crippen LogP contribution in [-0.2, 0) is 16.1 Å². The summed E-state index contributed by atoms with van der Waals surface area (Å²) in [5.74, 6) is -0.543. The lowest BCUT2D eigenvalue weighted by Crippen LogP contribution is -2.46. The molecule has 3 rings (SSSR count). The average molecular weight is 305 g/mol. The molecule has 3 atom stereocenters. The Balaban J connectivity index is 1.69. The molecule has 0 bridgehead atoms. The van der Waals surface area contributed by atoms with E-state index in [1.165, 1.54) is 0 Å². The van der Waals surface area contributed by atoms with Gasteiger partial charge in [-0.05, 0) is 37.7 Å². The van der Waals surface area contributed by atoms with Gasteiger partial charge in [0.25, 0.3) is 0 Å². The van der Waals surface area contributed by atoms with Gasteiger partial charge in [-0.25, -0.2) is 4.79 Å². The molecule has 2 aliphatic rings. The fourth-order valence-corrected chi connectivity index (χ4v) is 3.97. The summed E-state index contributed by atoms with van der Waals surface area (Å²) in [5, 5.41) is 13.6. The summed E-state index contributed by atoms with van der Waals surface area (Å²) in [7, 11) is 0. The predicted octanol–water partition coefficient (Wildman–Crippen LogP) is 1.83. The number of aromatic nitrogens is 2. The minimum atomic E-state index is -0.863. The number of carbonyl (C=O) groups excluding carboxylic acids is 1. The first kappa shape index (κ1) is 15.1. The molecule has 0 radical (unpaired) electrons. The molecular formula is C16H23N3O3. The topological polar surface area (TPSA) is 75.4 Å². The van der Waals surface area contributed by atoms with E-state index in [4.69, 9.17) is 0 Å². The summed E-state index contributed by atoms with van der Waals surface area (Å²) in [6.07, 6.45) is 8.84. The number of aryl methyl sites for hydroxylation is 2. The SMILES string of the molecule is Cc1cnn(CCC(=O)N2[C@H](C(=O)O)C[C@H]3CCCC[C@@H]32)c1. The molecular weight excluding hydrogens is 282 g/mol. The Kier molecular flexibility index (Phi) is 4.18. The number of carbonyl (C=O) groups is 2.